The Morgan fingerprint density at radius 2 is 2.25 bits per heavy atom. The van der Waals surface area contributed by atoms with Crippen LogP contribution in [0.1, 0.15) is 6.42 Å². The molecule has 2 rings (SSSR count). The molecule has 1 atom stereocenters. The number of rotatable bonds is 3. The normalized spacial score (nSPS) is 25.9. The quantitative estimate of drug-likeness (QED) is 0.890. The second-order valence-corrected chi connectivity index (χ2v) is 5.39. The molecule has 0 radical (unpaired) electrons. The fourth-order valence-electron chi connectivity index (χ4n) is 2.20. The maximum atomic E-state index is 9.58. The van der Waals surface area contributed by atoms with Gasteiger partial charge in [0.25, 0.3) is 0 Å². The lowest BCUT2D eigenvalue weighted by molar-refractivity contribution is 0.212. The first-order valence-corrected chi connectivity index (χ1v) is 6.27. The summed E-state index contributed by atoms with van der Waals surface area (Å²) in [6, 6.07) is 8.02. The second-order valence-electron chi connectivity index (χ2n) is 4.53. The molecule has 1 aliphatic rings. The van der Waals surface area contributed by atoms with Crippen molar-refractivity contribution in [1.82, 2.24) is 4.90 Å². The van der Waals surface area contributed by atoms with Gasteiger partial charge in [-0.05, 0) is 41.5 Å². The lowest BCUT2D eigenvalue weighted by Crippen LogP contribution is -2.44. The third kappa shape index (κ3) is 2.39. The van der Waals surface area contributed by atoms with Crippen LogP contribution in [-0.2, 0) is 0 Å². The summed E-state index contributed by atoms with van der Waals surface area (Å²) in [5, 5.41) is 13.0. The highest BCUT2D eigenvalue weighted by atomic mass is 79.9. The Kier molecular flexibility index (Phi) is 3.52. The van der Waals surface area contributed by atoms with Crippen LogP contribution >= 0.6 is 15.9 Å². The molecule has 0 bridgehead atoms. The number of likely N-dealkylation sites (N-methyl/N-ethyl adjacent to an activating group) is 1. The molecule has 4 heteroatoms. The minimum Gasteiger partial charge on any atom is -0.394 e. The Bertz CT molecular complexity index is 372. The molecule has 0 aromatic heterocycles. The van der Waals surface area contributed by atoms with Crippen LogP contribution in [0, 0.1) is 0 Å². The highest BCUT2D eigenvalue weighted by Crippen LogP contribution is 2.29. The fourth-order valence-corrected chi connectivity index (χ4v) is 2.58. The van der Waals surface area contributed by atoms with Crippen LogP contribution in [0.3, 0.4) is 0 Å². The van der Waals surface area contributed by atoms with Crippen molar-refractivity contribution in [2.75, 3.05) is 32.1 Å². The number of aliphatic hydroxyl groups excluding tert-OH is 1. The van der Waals surface area contributed by atoms with Crippen molar-refractivity contribution < 1.29 is 5.11 Å². The molecule has 1 heterocycles. The SMILES string of the molecule is CN1CCC(CO)(Nc2ccccc2Br)C1. The second kappa shape index (κ2) is 4.73. The van der Waals surface area contributed by atoms with Gasteiger partial charge in [0.15, 0.2) is 0 Å². The van der Waals surface area contributed by atoms with E-state index in [-0.39, 0.29) is 12.1 Å². The third-order valence-electron chi connectivity index (χ3n) is 3.12. The average Bonchev–Trinajstić information content (AvgIpc) is 2.65. The van der Waals surface area contributed by atoms with E-state index in [9.17, 15) is 5.11 Å². The van der Waals surface area contributed by atoms with E-state index in [0.29, 0.717) is 0 Å². The van der Waals surface area contributed by atoms with E-state index in [2.05, 4.69) is 33.2 Å². The fraction of sp³-hybridized carbons (Fsp3) is 0.500. The van der Waals surface area contributed by atoms with Gasteiger partial charge in [-0.1, -0.05) is 12.1 Å². The molecule has 1 aliphatic heterocycles. The predicted molar refractivity (Wildman–Crippen MR) is 69.7 cm³/mol. The highest BCUT2D eigenvalue weighted by Gasteiger charge is 2.36. The molecule has 3 nitrogen and oxygen atoms in total. The van der Waals surface area contributed by atoms with Crippen molar-refractivity contribution in [2.24, 2.45) is 0 Å². The van der Waals surface area contributed by atoms with Crippen LogP contribution in [0.5, 0.6) is 0 Å². The van der Waals surface area contributed by atoms with Gasteiger partial charge in [-0.3, -0.25) is 0 Å². The molecule has 0 spiro atoms. The summed E-state index contributed by atoms with van der Waals surface area (Å²) in [5.74, 6) is 0. The van der Waals surface area contributed by atoms with Gasteiger partial charge in [0.05, 0.1) is 12.1 Å². The molecule has 16 heavy (non-hydrogen) atoms. The Morgan fingerprint density at radius 3 is 2.81 bits per heavy atom. The molecule has 1 fully saturated rings. The molecule has 88 valence electrons. The minimum atomic E-state index is -0.196. The first-order valence-electron chi connectivity index (χ1n) is 5.47. The van der Waals surface area contributed by atoms with Crippen LogP contribution in [-0.4, -0.2) is 42.3 Å². The van der Waals surface area contributed by atoms with E-state index < -0.39 is 0 Å². The van der Waals surface area contributed by atoms with E-state index in [1.807, 2.05) is 24.3 Å². The summed E-state index contributed by atoms with van der Waals surface area (Å²) in [4.78, 5) is 2.24. The van der Waals surface area contributed by atoms with Crippen LogP contribution in [0.4, 0.5) is 5.69 Å². The molecule has 1 aromatic carbocycles. The lowest BCUT2D eigenvalue weighted by atomic mass is 9.99. The molecule has 1 unspecified atom stereocenters. The Balaban J connectivity index is 2.16. The molecular weight excluding hydrogens is 268 g/mol. The monoisotopic (exact) mass is 284 g/mol. The van der Waals surface area contributed by atoms with Gasteiger partial charge in [0.2, 0.25) is 0 Å². The van der Waals surface area contributed by atoms with Gasteiger partial charge in [0.1, 0.15) is 0 Å². The summed E-state index contributed by atoms with van der Waals surface area (Å²) in [6.07, 6.45) is 0.974. The summed E-state index contributed by atoms with van der Waals surface area (Å²) in [5.41, 5.74) is 0.852. The first-order chi connectivity index (χ1) is 7.65. The highest BCUT2D eigenvalue weighted by molar-refractivity contribution is 9.10. The zero-order valence-corrected chi connectivity index (χ0v) is 11.0. The summed E-state index contributed by atoms with van der Waals surface area (Å²) >= 11 is 3.51. The largest absolute Gasteiger partial charge is 0.394 e. The number of aliphatic hydroxyl groups is 1. The van der Waals surface area contributed by atoms with Gasteiger partial charge < -0.3 is 15.3 Å². The number of anilines is 1. The van der Waals surface area contributed by atoms with Crippen LogP contribution < -0.4 is 5.32 Å². The molecule has 2 N–H and O–H groups in total. The van der Waals surface area contributed by atoms with E-state index >= 15 is 0 Å². The molecular formula is C12H17BrN2O. The van der Waals surface area contributed by atoms with Crippen molar-refractivity contribution >= 4 is 21.6 Å². The summed E-state index contributed by atoms with van der Waals surface area (Å²) < 4.78 is 1.04. The zero-order valence-electron chi connectivity index (χ0n) is 9.41. The number of nitrogens with one attached hydrogen (secondary N) is 1. The maximum absolute atomic E-state index is 9.58. The van der Waals surface area contributed by atoms with Crippen molar-refractivity contribution in [3.63, 3.8) is 0 Å². The lowest BCUT2D eigenvalue weighted by Gasteiger charge is -2.29. The Morgan fingerprint density at radius 1 is 1.50 bits per heavy atom. The van der Waals surface area contributed by atoms with Gasteiger partial charge in [-0.2, -0.15) is 0 Å². The van der Waals surface area contributed by atoms with Crippen LogP contribution in [0.25, 0.3) is 0 Å². The van der Waals surface area contributed by atoms with E-state index in [4.69, 9.17) is 0 Å². The minimum absolute atomic E-state index is 0.165. The number of benzene rings is 1. The van der Waals surface area contributed by atoms with Gasteiger partial charge in [0, 0.05) is 23.2 Å². The van der Waals surface area contributed by atoms with Crippen molar-refractivity contribution in [3.05, 3.63) is 28.7 Å². The molecule has 1 saturated heterocycles. The summed E-state index contributed by atoms with van der Waals surface area (Å²) in [6.45, 7) is 2.07. The van der Waals surface area contributed by atoms with Gasteiger partial charge in [-0.15, -0.1) is 0 Å². The molecule has 0 amide bonds. The number of hydrogen-bond donors (Lipinski definition) is 2. The molecule has 0 saturated carbocycles. The van der Waals surface area contributed by atoms with Crippen molar-refractivity contribution in [2.45, 2.75) is 12.0 Å². The maximum Gasteiger partial charge on any atom is 0.0742 e. The topological polar surface area (TPSA) is 35.5 Å². The Hall–Kier alpha value is -0.580. The standard InChI is InChI=1S/C12H17BrN2O/c1-15-7-6-12(8-15,9-16)14-11-5-3-2-4-10(11)13/h2-5,14,16H,6-9H2,1H3. The summed E-state index contributed by atoms with van der Waals surface area (Å²) in [7, 11) is 2.08. The van der Waals surface area contributed by atoms with E-state index in [1.54, 1.807) is 0 Å². The molecule has 0 aliphatic carbocycles. The number of para-hydroxylation sites is 1. The third-order valence-corrected chi connectivity index (χ3v) is 3.81. The number of hydrogen-bond acceptors (Lipinski definition) is 3. The van der Waals surface area contributed by atoms with E-state index in [1.165, 1.54) is 0 Å². The zero-order chi connectivity index (χ0) is 11.6. The first kappa shape index (κ1) is 11.9. The number of likely N-dealkylation sites (tertiary alicyclic amines) is 1. The molecule has 1 aromatic rings. The van der Waals surface area contributed by atoms with Crippen LogP contribution in [0.2, 0.25) is 0 Å². The van der Waals surface area contributed by atoms with Crippen molar-refractivity contribution in [1.29, 1.82) is 0 Å². The smallest absolute Gasteiger partial charge is 0.0742 e. The van der Waals surface area contributed by atoms with Gasteiger partial charge >= 0.3 is 0 Å². The average molecular weight is 285 g/mol. The predicted octanol–water partition coefficient (Wildman–Crippen LogP) is 1.93. The van der Waals surface area contributed by atoms with Crippen LogP contribution in [0.15, 0.2) is 28.7 Å². The van der Waals surface area contributed by atoms with Gasteiger partial charge in [-0.25, -0.2) is 0 Å². The van der Waals surface area contributed by atoms with Crippen molar-refractivity contribution in [3.8, 4) is 0 Å². The van der Waals surface area contributed by atoms with E-state index in [0.717, 1.165) is 29.7 Å². The Labute approximate surface area is 105 Å². The number of halogens is 1. The number of nitrogens with zero attached hydrogens (tertiary/aromatic N) is 1.